The first-order valence-corrected chi connectivity index (χ1v) is 5.16. The van der Waals surface area contributed by atoms with Gasteiger partial charge < -0.3 is 10.6 Å². The first kappa shape index (κ1) is 15.7. The van der Waals surface area contributed by atoms with Crippen molar-refractivity contribution in [1.29, 1.82) is 0 Å². The molecule has 5 nitrogen and oxygen atoms in total. The minimum atomic E-state index is -4.42. The van der Waals surface area contributed by atoms with Crippen LogP contribution in [0.1, 0.15) is 13.3 Å². The lowest BCUT2D eigenvalue weighted by Crippen LogP contribution is -2.42. The van der Waals surface area contributed by atoms with Gasteiger partial charge in [-0.2, -0.15) is 13.2 Å². The van der Waals surface area contributed by atoms with Crippen molar-refractivity contribution < 1.29 is 22.8 Å². The zero-order valence-electron chi connectivity index (χ0n) is 9.49. The summed E-state index contributed by atoms with van der Waals surface area (Å²) in [6, 6.07) is 0. The van der Waals surface area contributed by atoms with Crippen molar-refractivity contribution in [2.24, 2.45) is 0 Å². The van der Waals surface area contributed by atoms with E-state index in [0.717, 1.165) is 6.42 Å². The Morgan fingerprint density at radius 1 is 1.06 bits per heavy atom. The predicted octanol–water partition coefficient (Wildman–Crippen LogP) is -0.219. The zero-order valence-corrected chi connectivity index (χ0v) is 9.49. The van der Waals surface area contributed by atoms with Crippen molar-refractivity contribution in [2.45, 2.75) is 19.5 Å². The number of carbonyl (C=O) groups excluding carboxylic acids is 2. The highest BCUT2D eigenvalue weighted by molar-refractivity contribution is 5.81. The van der Waals surface area contributed by atoms with Crippen LogP contribution in [-0.4, -0.2) is 44.2 Å². The van der Waals surface area contributed by atoms with Gasteiger partial charge in [-0.3, -0.25) is 14.9 Å². The summed E-state index contributed by atoms with van der Waals surface area (Å²) in [5, 5.41) is 6.67. The van der Waals surface area contributed by atoms with E-state index in [1.165, 1.54) is 0 Å². The van der Waals surface area contributed by atoms with E-state index in [1.807, 2.05) is 6.92 Å². The number of carbonyl (C=O) groups is 2. The Bertz CT molecular complexity index is 256. The van der Waals surface area contributed by atoms with E-state index in [4.69, 9.17) is 0 Å². The molecule has 0 aromatic heterocycles. The third-order valence-electron chi connectivity index (χ3n) is 1.63. The second kappa shape index (κ2) is 7.88. The first-order chi connectivity index (χ1) is 7.85. The molecule has 0 aromatic rings. The zero-order chi connectivity index (χ0) is 13.3. The summed E-state index contributed by atoms with van der Waals surface area (Å²) in [4.78, 5) is 21.9. The van der Waals surface area contributed by atoms with E-state index in [0.29, 0.717) is 6.54 Å². The van der Waals surface area contributed by atoms with Gasteiger partial charge in [0.2, 0.25) is 11.8 Å². The Morgan fingerprint density at radius 2 is 1.59 bits per heavy atom. The van der Waals surface area contributed by atoms with Gasteiger partial charge in [0.05, 0.1) is 13.1 Å². The molecule has 0 unspecified atom stereocenters. The van der Waals surface area contributed by atoms with Gasteiger partial charge >= 0.3 is 6.18 Å². The lowest BCUT2D eigenvalue weighted by Gasteiger charge is -2.09. The quantitative estimate of drug-likeness (QED) is 0.589. The summed E-state index contributed by atoms with van der Waals surface area (Å²) in [7, 11) is 0. The van der Waals surface area contributed by atoms with Crippen LogP contribution in [0, 0.1) is 0 Å². The van der Waals surface area contributed by atoms with Crippen molar-refractivity contribution in [3.8, 4) is 0 Å². The summed E-state index contributed by atoms with van der Waals surface area (Å²) in [6.07, 6.45) is -3.63. The van der Waals surface area contributed by atoms with E-state index in [1.54, 1.807) is 5.32 Å². The molecule has 0 atom stereocenters. The molecule has 0 saturated heterocycles. The Balaban J connectivity index is 3.54. The number of rotatable bonds is 7. The molecule has 0 bridgehead atoms. The van der Waals surface area contributed by atoms with Crippen molar-refractivity contribution in [2.75, 3.05) is 26.2 Å². The minimum Gasteiger partial charge on any atom is -0.355 e. The lowest BCUT2D eigenvalue weighted by atomic mass is 10.4. The first-order valence-electron chi connectivity index (χ1n) is 5.16. The number of alkyl halides is 3. The Labute approximate surface area is 97.1 Å². The predicted molar refractivity (Wildman–Crippen MR) is 55.2 cm³/mol. The standard InChI is InChI=1S/C9H16F3N3O2/c1-2-3-14-7(16)4-13-5-8(17)15-6-9(10,11)12/h13H,2-6H2,1H3,(H,14,16)(H,15,17). The van der Waals surface area contributed by atoms with Gasteiger partial charge in [0.1, 0.15) is 6.54 Å². The molecule has 8 heteroatoms. The summed E-state index contributed by atoms with van der Waals surface area (Å²) in [5.41, 5.74) is 0. The topological polar surface area (TPSA) is 70.2 Å². The fourth-order valence-electron chi connectivity index (χ4n) is 0.878. The van der Waals surface area contributed by atoms with Gasteiger partial charge in [0.25, 0.3) is 0 Å². The average molecular weight is 255 g/mol. The highest BCUT2D eigenvalue weighted by atomic mass is 19.4. The van der Waals surface area contributed by atoms with Gasteiger partial charge in [-0.05, 0) is 6.42 Å². The van der Waals surface area contributed by atoms with Crippen LogP contribution in [0.3, 0.4) is 0 Å². The highest BCUT2D eigenvalue weighted by Gasteiger charge is 2.27. The van der Waals surface area contributed by atoms with Crippen molar-refractivity contribution >= 4 is 11.8 Å². The Morgan fingerprint density at radius 3 is 2.06 bits per heavy atom. The molecule has 0 aliphatic rings. The summed E-state index contributed by atoms with van der Waals surface area (Å²) in [6.45, 7) is 0.629. The van der Waals surface area contributed by atoms with E-state index in [2.05, 4.69) is 10.6 Å². The Kier molecular flexibility index (Phi) is 7.27. The molecule has 17 heavy (non-hydrogen) atoms. The largest absolute Gasteiger partial charge is 0.405 e. The number of amides is 2. The fourth-order valence-corrected chi connectivity index (χ4v) is 0.878. The summed E-state index contributed by atoms with van der Waals surface area (Å²) < 4.78 is 35.1. The van der Waals surface area contributed by atoms with Crippen molar-refractivity contribution in [1.82, 2.24) is 16.0 Å². The van der Waals surface area contributed by atoms with Gasteiger partial charge in [-0.1, -0.05) is 6.92 Å². The third kappa shape index (κ3) is 11.0. The second-order valence-electron chi connectivity index (χ2n) is 3.35. The van der Waals surface area contributed by atoms with Crippen LogP contribution >= 0.6 is 0 Å². The average Bonchev–Trinajstić information content (AvgIpc) is 2.22. The maximum absolute atomic E-state index is 11.7. The van der Waals surface area contributed by atoms with E-state index in [-0.39, 0.29) is 19.0 Å². The minimum absolute atomic E-state index is 0.0978. The number of halogens is 3. The maximum atomic E-state index is 11.7. The van der Waals surface area contributed by atoms with E-state index in [9.17, 15) is 22.8 Å². The molecule has 0 aliphatic heterocycles. The van der Waals surface area contributed by atoms with Crippen LogP contribution in [0.2, 0.25) is 0 Å². The third-order valence-corrected chi connectivity index (χ3v) is 1.63. The lowest BCUT2D eigenvalue weighted by molar-refractivity contribution is -0.138. The molecule has 0 saturated carbocycles. The monoisotopic (exact) mass is 255 g/mol. The van der Waals surface area contributed by atoms with Crippen molar-refractivity contribution in [3.05, 3.63) is 0 Å². The molecule has 3 N–H and O–H groups in total. The molecule has 0 spiro atoms. The number of hydrogen-bond acceptors (Lipinski definition) is 3. The molecule has 0 radical (unpaired) electrons. The molecule has 0 aromatic carbocycles. The molecular formula is C9H16F3N3O2. The molecule has 0 fully saturated rings. The molecule has 0 aliphatic carbocycles. The van der Waals surface area contributed by atoms with Gasteiger partial charge in [-0.15, -0.1) is 0 Å². The van der Waals surface area contributed by atoms with E-state index >= 15 is 0 Å². The smallest absolute Gasteiger partial charge is 0.355 e. The molecule has 100 valence electrons. The summed E-state index contributed by atoms with van der Waals surface area (Å²) >= 11 is 0. The van der Waals surface area contributed by atoms with Gasteiger partial charge in [0.15, 0.2) is 0 Å². The van der Waals surface area contributed by atoms with Crippen LogP contribution in [0.25, 0.3) is 0 Å². The summed E-state index contributed by atoms with van der Waals surface area (Å²) in [5.74, 6) is -1.10. The highest BCUT2D eigenvalue weighted by Crippen LogP contribution is 2.11. The van der Waals surface area contributed by atoms with Gasteiger partial charge in [0, 0.05) is 6.54 Å². The van der Waals surface area contributed by atoms with E-state index < -0.39 is 18.6 Å². The molecule has 0 rings (SSSR count). The fraction of sp³-hybridized carbons (Fsp3) is 0.778. The normalized spacial score (nSPS) is 11.1. The number of hydrogen-bond donors (Lipinski definition) is 3. The Hall–Kier alpha value is -1.31. The van der Waals surface area contributed by atoms with Crippen LogP contribution in [0.5, 0.6) is 0 Å². The van der Waals surface area contributed by atoms with Crippen LogP contribution < -0.4 is 16.0 Å². The molecular weight excluding hydrogens is 239 g/mol. The SMILES string of the molecule is CCCNC(=O)CNCC(=O)NCC(F)(F)F. The molecule has 0 heterocycles. The van der Waals surface area contributed by atoms with Crippen LogP contribution in [0.4, 0.5) is 13.2 Å². The van der Waals surface area contributed by atoms with Crippen LogP contribution in [-0.2, 0) is 9.59 Å². The molecule has 2 amide bonds. The number of nitrogens with one attached hydrogen (secondary N) is 3. The van der Waals surface area contributed by atoms with Crippen LogP contribution in [0.15, 0.2) is 0 Å². The maximum Gasteiger partial charge on any atom is 0.405 e. The van der Waals surface area contributed by atoms with Crippen molar-refractivity contribution in [3.63, 3.8) is 0 Å². The second-order valence-corrected chi connectivity index (χ2v) is 3.35. The van der Waals surface area contributed by atoms with Gasteiger partial charge in [-0.25, -0.2) is 0 Å².